The molecular formula is C17H18N2O3S. The molecule has 1 amide bonds. The third-order valence-corrected chi connectivity index (χ3v) is 6.67. The molecule has 0 N–H and O–H groups in total. The molecule has 5 nitrogen and oxygen atoms in total. The van der Waals surface area contributed by atoms with Gasteiger partial charge in [0, 0.05) is 18.5 Å². The third-order valence-electron chi connectivity index (χ3n) is 4.75. The second-order valence-corrected chi connectivity index (χ2v) is 7.92. The molecule has 0 bridgehead atoms. The molecule has 6 heteroatoms. The van der Waals surface area contributed by atoms with Gasteiger partial charge in [0.2, 0.25) is 5.91 Å². The SMILES string of the molecule is C[C@@H](C(=O)N1CCCC1)N1c2cccc3cccc(c23)S1(=O)=O. The van der Waals surface area contributed by atoms with Crippen LogP contribution in [0, 0.1) is 0 Å². The van der Waals surface area contributed by atoms with Crippen LogP contribution in [0.5, 0.6) is 0 Å². The summed E-state index contributed by atoms with van der Waals surface area (Å²) in [5, 5.41) is 1.60. The summed E-state index contributed by atoms with van der Waals surface area (Å²) in [6, 6.07) is 10.1. The fourth-order valence-corrected chi connectivity index (χ4v) is 5.50. The summed E-state index contributed by atoms with van der Waals surface area (Å²) in [4.78, 5) is 14.8. The first-order valence-electron chi connectivity index (χ1n) is 7.87. The number of anilines is 1. The van der Waals surface area contributed by atoms with E-state index in [0.29, 0.717) is 23.7 Å². The van der Waals surface area contributed by atoms with Crippen molar-refractivity contribution < 1.29 is 13.2 Å². The minimum atomic E-state index is -3.69. The fraction of sp³-hybridized carbons (Fsp3) is 0.353. The number of carbonyl (C=O) groups excluding carboxylic acids is 1. The number of rotatable bonds is 2. The van der Waals surface area contributed by atoms with Crippen molar-refractivity contribution in [3.05, 3.63) is 36.4 Å². The maximum absolute atomic E-state index is 13.0. The molecule has 120 valence electrons. The largest absolute Gasteiger partial charge is 0.341 e. The van der Waals surface area contributed by atoms with Gasteiger partial charge in [-0.15, -0.1) is 0 Å². The number of nitrogens with zero attached hydrogens (tertiary/aromatic N) is 2. The Hall–Kier alpha value is -2.08. The van der Waals surface area contributed by atoms with Gasteiger partial charge in [0.05, 0.1) is 10.6 Å². The van der Waals surface area contributed by atoms with Gasteiger partial charge in [0.15, 0.2) is 0 Å². The van der Waals surface area contributed by atoms with Crippen molar-refractivity contribution in [3.63, 3.8) is 0 Å². The quantitative estimate of drug-likeness (QED) is 0.849. The predicted octanol–water partition coefficient (Wildman–Crippen LogP) is 2.36. The van der Waals surface area contributed by atoms with Crippen LogP contribution in [0.4, 0.5) is 5.69 Å². The molecule has 23 heavy (non-hydrogen) atoms. The molecule has 2 aliphatic heterocycles. The summed E-state index contributed by atoms with van der Waals surface area (Å²) >= 11 is 0. The zero-order chi connectivity index (χ0) is 16.2. The minimum Gasteiger partial charge on any atom is -0.341 e. The van der Waals surface area contributed by atoms with Crippen LogP contribution in [-0.4, -0.2) is 38.4 Å². The van der Waals surface area contributed by atoms with Gasteiger partial charge in [-0.05, 0) is 37.3 Å². The van der Waals surface area contributed by atoms with Gasteiger partial charge in [-0.1, -0.05) is 24.3 Å². The van der Waals surface area contributed by atoms with Crippen LogP contribution in [0.25, 0.3) is 10.8 Å². The van der Waals surface area contributed by atoms with E-state index < -0.39 is 16.1 Å². The highest BCUT2D eigenvalue weighted by Gasteiger charge is 2.42. The van der Waals surface area contributed by atoms with Gasteiger partial charge in [-0.3, -0.25) is 9.10 Å². The molecule has 0 aromatic heterocycles. The van der Waals surface area contributed by atoms with Crippen LogP contribution >= 0.6 is 0 Å². The Kier molecular flexibility index (Phi) is 3.13. The van der Waals surface area contributed by atoms with Gasteiger partial charge < -0.3 is 4.90 Å². The van der Waals surface area contributed by atoms with Crippen molar-refractivity contribution in [2.24, 2.45) is 0 Å². The Balaban J connectivity index is 1.84. The molecule has 1 saturated heterocycles. The van der Waals surface area contributed by atoms with Crippen molar-refractivity contribution in [2.75, 3.05) is 17.4 Å². The van der Waals surface area contributed by atoms with E-state index in [1.54, 1.807) is 30.0 Å². The lowest BCUT2D eigenvalue weighted by Gasteiger charge is -2.28. The van der Waals surface area contributed by atoms with E-state index in [4.69, 9.17) is 0 Å². The molecule has 0 aliphatic carbocycles. The van der Waals surface area contributed by atoms with Gasteiger partial charge in [0.1, 0.15) is 6.04 Å². The zero-order valence-corrected chi connectivity index (χ0v) is 13.7. The van der Waals surface area contributed by atoms with Crippen molar-refractivity contribution >= 4 is 32.4 Å². The van der Waals surface area contributed by atoms with Crippen molar-refractivity contribution in [1.29, 1.82) is 0 Å². The first-order valence-corrected chi connectivity index (χ1v) is 9.31. The molecular weight excluding hydrogens is 312 g/mol. The molecule has 1 atom stereocenters. The van der Waals surface area contributed by atoms with Crippen LogP contribution in [0.2, 0.25) is 0 Å². The van der Waals surface area contributed by atoms with E-state index in [1.165, 1.54) is 4.31 Å². The summed E-state index contributed by atoms with van der Waals surface area (Å²) in [6.07, 6.45) is 1.97. The molecule has 2 aromatic carbocycles. The first kappa shape index (κ1) is 14.5. The van der Waals surface area contributed by atoms with Gasteiger partial charge in [-0.2, -0.15) is 0 Å². The predicted molar refractivity (Wildman–Crippen MR) is 88.9 cm³/mol. The van der Waals surface area contributed by atoms with Crippen LogP contribution < -0.4 is 4.31 Å². The van der Waals surface area contributed by atoms with Crippen molar-refractivity contribution in [2.45, 2.75) is 30.7 Å². The molecule has 2 aromatic rings. The highest BCUT2D eigenvalue weighted by atomic mass is 32.2. The lowest BCUT2D eigenvalue weighted by molar-refractivity contribution is -0.130. The number of benzene rings is 2. The highest BCUT2D eigenvalue weighted by Crippen LogP contribution is 2.43. The van der Waals surface area contributed by atoms with E-state index in [0.717, 1.165) is 23.6 Å². The molecule has 0 radical (unpaired) electrons. The summed E-state index contributed by atoms with van der Waals surface area (Å²) in [7, 11) is -3.69. The fourth-order valence-electron chi connectivity index (χ4n) is 3.64. The lowest BCUT2D eigenvalue weighted by Crippen LogP contribution is -2.47. The molecule has 1 fully saturated rings. The molecule has 2 heterocycles. The molecule has 0 saturated carbocycles. The minimum absolute atomic E-state index is 0.115. The zero-order valence-electron chi connectivity index (χ0n) is 12.9. The summed E-state index contributed by atoms with van der Waals surface area (Å²) in [6.45, 7) is 3.12. The molecule has 0 unspecified atom stereocenters. The lowest BCUT2D eigenvalue weighted by atomic mass is 10.1. The third kappa shape index (κ3) is 1.97. The van der Waals surface area contributed by atoms with Crippen LogP contribution in [0.15, 0.2) is 41.3 Å². The van der Waals surface area contributed by atoms with Gasteiger partial charge >= 0.3 is 0 Å². The van der Waals surface area contributed by atoms with E-state index in [9.17, 15) is 13.2 Å². The first-order chi connectivity index (χ1) is 11.0. The Bertz CT molecular complexity index is 896. The smallest absolute Gasteiger partial charge is 0.265 e. The van der Waals surface area contributed by atoms with Crippen LogP contribution in [0.1, 0.15) is 19.8 Å². The second kappa shape index (κ2) is 4.96. The average Bonchev–Trinajstić information content (AvgIpc) is 3.14. The topological polar surface area (TPSA) is 57.7 Å². The van der Waals surface area contributed by atoms with E-state index in [-0.39, 0.29) is 5.91 Å². The monoisotopic (exact) mass is 330 g/mol. The maximum Gasteiger partial charge on any atom is 0.265 e. The van der Waals surface area contributed by atoms with E-state index in [1.807, 2.05) is 18.2 Å². The van der Waals surface area contributed by atoms with E-state index >= 15 is 0 Å². The van der Waals surface area contributed by atoms with Gasteiger partial charge in [-0.25, -0.2) is 8.42 Å². The van der Waals surface area contributed by atoms with Crippen LogP contribution in [-0.2, 0) is 14.8 Å². The average molecular weight is 330 g/mol. The number of likely N-dealkylation sites (tertiary alicyclic amines) is 1. The maximum atomic E-state index is 13.0. The number of carbonyl (C=O) groups is 1. The van der Waals surface area contributed by atoms with Crippen LogP contribution in [0.3, 0.4) is 0 Å². The Morgan fingerprint density at radius 1 is 1.09 bits per heavy atom. The summed E-state index contributed by atoms with van der Waals surface area (Å²) in [5.74, 6) is -0.115. The molecule has 0 spiro atoms. The summed E-state index contributed by atoms with van der Waals surface area (Å²) in [5.41, 5.74) is 0.609. The Labute approximate surface area is 135 Å². The number of hydrogen-bond donors (Lipinski definition) is 0. The number of sulfonamides is 1. The van der Waals surface area contributed by atoms with Gasteiger partial charge in [0.25, 0.3) is 10.0 Å². The summed E-state index contributed by atoms with van der Waals surface area (Å²) < 4.78 is 27.3. The second-order valence-electron chi connectivity index (χ2n) is 6.14. The normalized spacial score (nSPS) is 20.2. The number of amides is 1. The standard InChI is InChI=1S/C17H18N2O3S/c1-12(17(20)18-10-2-3-11-18)19-14-8-4-6-13-7-5-9-15(16(13)14)23(19,21)22/h4-9,12H,2-3,10-11H2,1H3/t12-/m0/s1. The Morgan fingerprint density at radius 2 is 1.74 bits per heavy atom. The van der Waals surface area contributed by atoms with Crippen molar-refractivity contribution in [1.82, 2.24) is 4.90 Å². The molecule has 2 aliphatic rings. The van der Waals surface area contributed by atoms with E-state index in [2.05, 4.69) is 0 Å². The van der Waals surface area contributed by atoms with Crippen molar-refractivity contribution in [3.8, 4) is 0 Å². The highest BCUT2D eigenvalue weighted by molar-refractivity contribution is 7.93. The number of hydrogen-bond acceptors (Lipinski definition) is 3. The molecule has 4 rings (SSSR count). The Morgan fingerprint density at radius 3 is 2.43 bits per heavy atom.